The lowest BCUT2D eigenvalue weighted by molar-refractivity contribution is -0.117. The molecule has 2 N–H and O–H groups in total. The van der Waals surface area contributed by atoms with E-state index in [9.17, 15) is 18.0 Å². The summed E-state index contributed by atoms with van der Waals surface area (Å²) in [5.41, 5.74) is 2.85. The van der Waals surface area contributed by atoms with Gasteiger partial charge in [-0.05, 0) is 35.7 Å². The van der Waals surface area contributed by atoms with E-state index < -0.39 is 15.9 Å². The molecule has 0 heterocycles. The van der Waals surface area contributed by atoms with Crippen molar-refractivity contribution in [1.82, 2.24) is 9.62 Å². The van der Waals surface area contributed by atoms with E-state index in [2.05, 4.69) is 12.2 Å². The molecule has 0 bridgehead atoms. The minimum absolute atomic E-state index is 0.0322. The van der Waals surface area contributed by atoms with Gasteiger partial charge in [-0.25, -0.2) is 17.9 Å². The van der Waals surface area contributed by atoms with Crippen LogP contribution in [0.2, 0.25) is 0 Å². The third-order valence-electron chi connectivity index (χ3n) is 5.19. The highest BCUT2D eigenvalue weighted by Crippen LogP contribution is 2.27. The molecule has 3 aromatic carbocycles. The molecule has 0 aliphatic carbocycles. The van der Waals surface area contributed by atoms with Gasteiger partial charge in [-0.3, -0.25) is 4.79 Å². The van der Waals surface area contributed by atoms with Crippen LogP contribution in [0.1, 0.15) is 32.3 Å². The number of hydrogen-bond acceptors (Lipinski definition) is 4. The zero-order valence-electron chi connectivity index (χ0n) is 19.3. The van der Waals surface area contributed by atoms with Crippen molar-refractivity contribution in [3.63, 3.8) is 0 Å². The van der Waals surface area contributed by atoms with Crippen LogP contribution in [0, 0.1) is 0 Å². The third kappa shape index (κ3) is 6.68. The predicted molar refractivity (Wildman–Crippen MR) is 134 cm³/mol. The van der Waals surface area contributed by atoms with Crippen molar-refractivity contribution in [1.29, 1.82) is 0 Å². The molecule has 3 rings (SSSR count). The van der Waals surface area contributed by atoms with Gasteiger partial charge in [-0.15, -0.1) is 0 Å². The molecule has 0 aromatic heterocycles. The van der Waals surface area contributed by atoms with Crippen molar-refractivity contribution < 1.29 is 18.0 Å². The van der Waals surface area contributed by atoms with E-state index in [0.717, 1.165) is 31.0 Å². The largest absolute Gasteiger partial charge is 0.322 e. The fraction of sp³-hybridized carbons (Fsp3) is 0.231. The van der Waals surface area contributed by atoms with Crippen molar-refractivity contribution in [2.45, 2.75) is 38.1 Å². The summed E-state index contributed by atoms with van der Waals surface area (Å²) in [5.74, 6) is -0.647. The Bertz CT molecular complexity index is 1230. The first-order chi connectivity index (χ1) is 16.3. The molecule has 0 saturated heterocycles. The fourth-order valence-electron chi connectivity index (χ4n) is 3.52. The van der Waals surface area contributed by atoms with Crippen LogP contribution in [0.15, 0.2) is 83.8 Å². The average Bonchev–Trinajstić information content (AvgIpc) is 2.82. The van der Waals surface area contributed by atoms with E-state index in [1.165, 1.54) is 6.07 Å². The first-order valence-corrected chi connectivity index (χ1v) is 12.6. The monoisotopic (exact) mass is 479 g/mol. The van der Waals surface area contributed by atoms with Gasteiger partial charge in [0.15, 0.2) is 0 Å². The quantitative estimate of drug-likeness (QED) is 0.451. The Hall–Kier alpha value is -3.65. The summed E-state index contributed by atoms with van der Waals surface area (Å²) in [4.78, 5) is 26.0. The summed E-state index contributed by atoms with van der Waals surface area (Å²) in [6.45, 7) is 4.28. The Morgan fingerprint density at radius 1 is 0.882 bits per heavy atom. The summed E-state index contributed by atoms with van der Waals surface area (Å²) in [5, 5.41) is 2.93. The lowest BCUT2D eigenvalue weighted by Gasteiger charge is -2.23. The molecule has 8 heteroatoms. The first-order valence-electron chi connectivity index (χ1n) is 11.1. The van der Waals surface area contributed by atoms with E-state index in [1.807, 2.05) is 59.3 Å². The molecule has 0 radical (unpaired) electrons. The molecular weight excluding hydrogens is 450 g/mol. The van der Waals surface area contributed by atoms with Crippen LogP contribution in [-0.4, -0.2) is 31.8 Å². The second kappa shape index (κ2) is 11.5. The molecule has 0 aliphatic rings. The molecule has 34 heavy (non-hydrogen) atoms. The van der Waals surface area contributed by atoms with Crippen LogP contribution in [0.3, 0.4) is 0 Å². The van der Waals surface area contributed by atoms with Crippen LogP contribution in [0.5, 0.6) is 0 Å². The van der Waals surface area contributed by atoms with Gasteiger partial charge in [0.1, 0.15) is 0 Å². The minimum Gasteiger partial charge on any atom is -0.320 e. The van der Waals surface area contributed by atoms with Crippen molar-refractivity contribution >= 4 is 27.6 Å². The number of nitrogens with one attached hydrogen (secondary N) is 2. The van der Waals surface area contributed by atoms with Crippen molar-refractivity contribution in [2.75, 3.05) is 11.9 Å². The first kappa shape index (κ1) is 25.0. The maximum absolute atomic E-state index is 12.9. The van der Waals surface area contributed by atoms with Gasteiger partial charge in [0.05, 0.1) is 4.90 Å². The van der Waals surface area contributed by atoms with Gasteiger partial charge in [0.25, 0.3) is 10.0 Å². The highest BCUT2D eigenvalue weighted by Gasteiger charge is 2.20. The second-order valence-corrected chi connectivity index (χ2v) is 9.58. The Balaban J connectivity index is 1.80. The van der Waals surface area contributed by atoms with Gasteiger partial charge in [-0.1, -0.05) is 74.0 Å². The number of amides is 3. The van der Waals surface area contributed by atoms with Crippen LogP contribution in [0.4, 0.5) is 10.5 Å². The third-order valence-corrected chi connectivity index (χ3v) is 6.68. The number of rotatable bonds is 9. The number of carbonyl (C=O) groups excluding carboxylic acids is 2. The highest BCUT2D eigenvalue weighted by atomic mass is 32.2. The molecule has 0 atom stereocenters. The molecule has 178 valence electrons. The van der Waals surface area contributed by atoms with E-state index in [0.29, 0.717) is 24.2 Å². The topological polar surface area (TPSA) is 95.6 Å². The predicted octanol–water partition coefficient (Wildman–Crippen LogP) is 5.01. The smallest absolute Gasteiger partial charge is 0.320 e. The molecule has 3 aromatic rings. The Labute approximate surface area is 200 Å². The van der Waals surface area contributed by atoms with Gasteiger partial charge in [0.2, 0.25) is 5.91 Å². The van der Waals surface area contributed by atoms with E-state index >= 15 is 0 Å². The number of para-hydroxylation sites is 1. The summed E-state index contributed by atoms with van der Waals surface area (Å²) >= 11 is 0. The number of benzene rings is 3. The van der Waals surface area contributed by atoms with Crippen LogP contribution >= 0.6 is 0 Å². The summed E-state index contributed by atoms with van der Waals surface area (Å²) < 4.78 is 27.2. The molecule has 0 fully saturated rings. The molecule has 3 amide bonds. The molecule has 0 aliphatic heterocycles. The summed E-state index contributed by atoms with van der Waals surface area (Å²) in [6, 6.07) is 23.1. The lowest BCUT2D eigenvalue weighted by Crippen LogP contribution is -2.35. The molecular formula is C26H29N3O4S. The summed E-state index contributed by atoms with van der Waals surface area (Å²) in [7, 11) is -3.98. The molecule has 0 spiro atoms. The van der Waals surface area contributed by atoms with Crippen molar-refractivity contribution in [2.24, 2.45) is 0 Å². The Kier molecular flexibility index (Phi) is 8.43. The van der Waals surface area contributed by atoms with Crippen LogP contribution < -0.4 is 10.0 Å². The van der Waals surface area contributed by atoms with Gasteiger partial charge in [0, 0.05) is 31.3 Å². The number of unbranched alkanes of at least 4 members (excludes halogenated alkanes) is 1. The maximum atomic E-state index is 12.9. The van der Waals surface area contributed by atoms with Gasteiger partial charge in [-0.2, -0.15) is 0 Å². The normalized spacial score (nSPS) is 11.0. The van der Waals surface area contributed by atoms with E-state index in [1.54, 1.807) is 23.1 Å². The zero-order valence-corrected chi connectivity index (χ0v) is 20.1. The zero-order chi connectivity index (χ0) is 24.6. The van der Waals surface area contributed by atoms with Crippen molar-refractivity contribution in [3.05, 3.63) is 84.4 Å². The second-order valence-electron chi connectivity index (χ2n) is 7.93. The van der Waals surface area contributed by atoms with Gasteiger partial charge >= 0.3 is 6.03 Å². The number of anilines is 1. The number of urea groups is 1. The van der Waals surface area contributed by atoms with Crippen LogP contribution in [0.25, 0.3) is 11.1 Å². The summed E-state index contributed by atoms with van der Waals surface area (Å²) in [6.07, 6.45) is 1.85. The standard InChI is InChI=1S/C26H29N3O4S/c1-3-4-18-29(26(31)27-23-10-6-5-7-11-23)19-21-14-16-22(17-15-21)24-12-8-9-13-25(24)34(32,33)28-20(2)30/h5-17H,3-4,18-19H2,1-2H3,(H,27,31)(H,28,30). The number of sulfonamides is 1. The van der Waals surface area contributed by atoms with Crippen molar-refractivity contribution in [3.8, 4) is 11.1 Å². The average molecular weight is 480 g/mol. The molecule has 7 nitrogen and oxygen atoms in total. The maximum Gasteiger partial charge on any atom is 0.322 e. The highest BCUT2D eigenvalue weighted by molar-refractivity contribution is 7.90. The number of hydrogen-bond donors (Lipinski definition) is 2. The van der Waals surface area contributed by atoms with E-state index in [4.69, 9.17) is 0 Å². The Morgan fingerprint density at radius 2 is 1.53 bits per heavy atom. The lowest BCUT2D eigenvalue weighted by atomic mass is 10.0. The number of nitrogens with zero attached hydrogens (tertiary/aromatic N) is 1. The SMILES string of the molecule is CCCCN(Cc1ccc(-c2ccccc2S(=O)(=O)NC(C)=O)cc1)C(=O)Nc1ccccc1. The molecule has 0 saturated carbocycles. The number of carbonyl (C=O) groups is 2. The fourth-order valence-corrected chi connectivity index (χ4v) is 4.74. The van der Waals surface area contributed by atoms with Gasteiger partial charge < -0.3 is 10.2 Å². The van der Waals surface area contributed by atoms with Crippen LogP contribution in [-0.2, 0) is 21.4 Å². The van der Waals surface area contributed by atoms with E-state index in [-0.39, 0.29) is 10.9 Å². The Morgan fingerprint density at radius 3 is 2.18 bits per heavy atom. The molecule has 0 unspecified atom stereocenters. The minimum atomic E-state index is -3.98.